The third-order valence-corrected chi connectivity index (χ3v) is 14.0. The van der Waals surface area contributed by atoms with Crippen LogP contribution in [0.3, 0.4) is 0 Å². The van der Waals surface area contributed by atoms with E-state index in [4.69, 9.17) is 0 Å². The molecule has 0 aliphatic heterocycles. The van der Waals surface area contributed by atoms with Gasteiger partial charge in [-0.05, 0) is 0 Å². The minimum Gasteiger partial charge on any atom is -0.147 e. The third-order valence-electron chi connectivity index (χ3n) is 8.96. The largest absolute Gasteiger partial charge is 0.147 e. The zero-order chi connectivity index (χ0) is 23.4. The van der Waals surface area contributed by atoms with Gasteiger partial charge in [0.05, 0.1) is 0 Å². The van der Waals surface area contributed by atoms with Gasteiger partial charge in [0.15, 0.2) is 0 Å². The molecule has 0 atom stereocenters. The van der Waals surface area contributed by atoms with Crippen molar-refractivity contribution in [1.82, 2.24) is 0 Å². The SMILES string of the molecule is CCC1=C(CC)C(CC)(CC)[C]([Zr][C]2=C(CC)C(CC)=C(CC)C2(CC)CC)=C1CC.Cl.Cl. The second-order valence-electron chi connectivity index (χ2n) is 9.45. The number of hydrogen-bond donors (Lipinski definition) is 0. The maximum Gasteiger partial charge on any atom is -0.147 e. The summed E-state index contributed by atoms with van der Waals surface area (Å²) in [5, 5.41) is 0. The van der Waals surface area contributed by atoms with Crippen LogP contribution in [0, 0.1) is 10.8 Å². The summed E-state index contributed by atoms with van der Waals surface area (Å²) in [5.41, 5.74) is 11.5. The summed E-state index contributed by atoms with van der Waals surface area (Å²) in [4.78, 5) is 0. The molecule has 0 saturated carbocycles. The molecule has 0 aromatic heterocycles. The van der Waals surface area contributed by atoms with Crippen LogP contribution in [0.25, 0.3) is 0 Å². The second kappa shape index (κ2) is 14.2. The van der Waals surface area contributed by atoms with Gasteiger partial charge in [0.1, 0.15) is 0 Å². The minimum atomic E-state index is -0.877. The van der Waals surface area contributed by atoms with Crippen LogP contribution in [-0.2, 0) is 23.2 Å². The van der Waals surface area contributed by atoms with Crippen LogP contribution in [0.15, 0.2) is 40.0 Å². The normalized spacial score (nSPS) is 19.3. The monoisotopic (exact) mass is 572 g/mol. The number of hydrogen-bond acceptors (Lipinski definition) is 0. The van der Waals surface area contributed by atoms with Gasteiger partial charge in [0, 0.05) is 0 Å². The number of allylic oxidation sites excluding steroid dienone is 8. The molecule has 190 valence electrons. The van der Waals surface area contributed by atoms with Crippen molar-refractivity contribution in [2.75, 3.05) is 0 Å². The zero-order valence-corrected chi connectivity index (χ0v) is 27.5. The Labute approximate surface area is 231 Å². The quantitative estimate of drug-likeness (QED) is 0.217. The fraction of sp³-hybridized carbons (Fsp3) is 0.733. The predicted octanol–water partition coefficient (Wildman–Crippen LogP) is 11.1. The molecule has 2 aliphatic rings. The summed E-state index contributed by atoms with van der Waals surface area (Å²) >= 11 is -0.877. The Kier molecular flexibility index (Phi) is 14.4. The molecule has 0 heterocycles. The Morgan fingerprint density at radius 1 is 0.424 bits per heavy atom. The maximum atomic E-state index is 2.48. The van der Waals surface area contributed by atoms with Crippen molar-refractivity contribution in [2.45, 2.75) is 133 Å². The molecule has 0 bridgehead atoms. The first-order chi connectivity index (χ1) is 14.9. The van der Waals surface area contributed by atoms with E-state index in [1.165, 1.54) is 64.2 Å². The van der Waals surface area contributed by atoms with Crippen LogP contribution in [0.4, 0.5) is 0 Å². The van der Waals surface area contributed by atoms with Crippen LogP contribution in [-0.4, -0.2) is 0 Å². The number of halogens is 2. The first-order valence-electron chi connectivity index (χ1n) is 13.6. The van der Waals surface area contributed by atoms with Gasteiger partial charge < -0.3 is 0 Å². The molecule has 0 N–H and O–H groups in total. The van der Waals surface area contributed by atoms with Crippen LogP contribution in [0.5, 0.6) is 0 Å². The van der Waals surface area contributed by atoms with Crippen molar-refractivity contribution in [3.8, 4) is 0 Å². The summed E-state index contributed by atoms with van der Waals surface area (Å²) in [5.74, 6) is 0. The Bertz CT molecular complexity index is 720. The average Bonchev–Trinajstić information content (AvgIpc) is 3.23. The summed E-state index contributed by atoms with van der Waals surface area (Å²) in [7, 11) is 0. The second-order valence-corrected chi connectivity index (χ2v) is 12.5. The van der Waals surface area contributed by atoms with Crippen LogP contribution >= 0.6 is 24.8 Å². The zero-order valence-electron chi connectivity index (χ0n) is 23.4. The van der Waals surface area contributed by atoms with Crippen molar-refractivity contribution in [3.05, 3.63) is 40.0 Å². The number of rotatable bonds is 12. The van der Waals surface area contributed by atoms with Crippen molar-refractivity contribution in [3.63, 3.8) is 0 Å². The smallest absolute Gasteiger partial charge is 0.147 e. The van der Waals surface area contributed by atoms with Crippen molar-refractivity contribution in [1.29, 1.82) is 0 Å². The van der Waals surface area contributed by atoms with Gasteiger partial charge in [0.2, 0.25) is 0 Å². The summed E-state index contributed by atoms with van der Waals surface area (Å²) in [6.45, 7) is 24.5. The predicted molar refractivity (Wildman–Crippen MR) is 150 cm³/mol. The van der Waals surface area contributed by atoms with Crippen molar-refractivity contribution in [2.24, 2.45) is 10.8 Å². The molecule has 0 amide bonds. The summed E-state index contributed by atoms with van der Waals surface area (Å²) < 4.78 is 3.97. The Balaban J connectivity index is 0.00000512. The molecule has 0 fully saturated rings. The average molecular weight is 575 g/mol. The van der Waals surface area contributed by atoms with E-state index in [0.29, 0.717) is 10.8 Å². The van der Waals surface area contributed by atoms with Crippen LogP contribution in [0.1, 0.15) is 133 Å². The molecule has 0 spiro atoms. The van der Waals surface area contributed by atoms with Gasteiger partial charge in [-0.1, -0.05) is 0 Å². The summed E-state index contributed by atoms with van der Waals surface area (Å²) in [6.07, 6.45) is 12.6. The van der Waals surface area contributed by atoms with Gasteiger partial charge >= 0.3 is 208 Å². The first-order valence-corrected chi connectivity index (χ1v) is 16.1. The van der Waals surface area contributed by atoms with E-state index in [9.17, 15) is 0 Å². The molecular formula is C30H52Cl2Zr. The molecule has 33 heavy (non-hydrogen) atoms. The van der Waals surface area contributed by atoms with E-state index in [2.05, 4.69) is 69.2 Å². The topological polar surface area (TPSA) is 0 Å². The van der Waals surface area contributed by atoms with E-state index >= 15 is 0 Å². The molecule has 0 saturated heterocycles. The van der Waals surface area contributed by atoms with Crippen molar-refractivity contribution < 1.29 is 23.2 Å². The molecule has 0 aromatic carbocycles. The van der Waals surface area contributed by atoms with Gasteiger partial charge in [-0.2, -0.15) is 0 Å². The summed E-state index contributed by atoms with van der Waals surface area (Å²) in [6, 6.07) is 0. The fourth-order valence-electron chi connectivity index (χ4n) is 7.44. The molecule has 2 rings (SSSR count). The molecular weight excluding hydrogens is 522 g/mol. The van der Waals surface area contributed by atoms with E-state index in [0.717, 1.165) is 0 Å². The van der Waals surface area contributed by atoms with Gasteiger partial charge in [-0.15, -0.1) is 24.8 Å². The molecule has 0 unspecified atom stereocenters. The Morgan fingerprint density at radius 2 is 0.697 bits per heavy atom. The molecule has 3 heteroatoms. The van der Waals surface area contributed by atoms with Gasteiger partial charge in [-0.3, -0.25) is 0 Å². The first kappa shape index (κ1) is 33.4. The molecule has 0 aromatic rings. The van der Waals surface area contributed by atoms with E-state index in [1.54, 1.807) is 11.1 Å². The third kappa shape index (κ3) is 5.14. The van der Waals surface area contributed by atoms with Gasteiger partial charge in [-0.25, -0.2) is 0 Å². The standard InChI is InChI=1S/2C15H25.2ClH.Zr/c2*1-6-12-11-15(9-4,10-5)14(8-3)13(12)7-2;;;/h2*6-10H2,1-5H3;2*1H;. The van der Waals surface area contributed by atoms with Gasteiger partial charge in [0.25, 0.3) is 0 Å². The minimum absolute atomic E-state index is 0. The van der Waals surface area contributed by atoms with Crippen molar-refractivity contribution >= 4 is 24.8 Å². The fourth-order valence-corrected chi connectivity index (χ4v) is 14.1. The molecule has 0 nitrogen and oxygen atoms in total. The Morgan fingerprint density at radius 3 is 0.879 bits per heavy atom. The Hall–Kier alpha value is 0.423. The van der Waals surface area contributed by atoms with E-state index < -0.39 is 23.2 Å². The van der Waals surface area contributed by atoms with Crippen LogP contribution in [0.2, 0.25) is 0 Å². The maximum absolute atomic E-state index is 2.48. The molecule has 0 radical (unpaired) electrons. The van der Waals surface area contributed by atoms with E-state index in [-0.39, 0.29) is 24.8 Å². The van der Waals surface area contributed by atoms with Crippen LogP contribution < -0.4 is 0 Å². The van der Waals surface area contributed by atoms with E-state index in [1.807, 2.05) is 28.9 Å². The molecule has 2 aliphatic carbocycles.